The van der Waals surface area contributed by atoms with Crippen LogP contribution in [0.5, 0.6) is 0 Å². The number of thiazole rings is 1. The molecule has 0 N–H and O–H groups in total. The van der Waals surface area contributed by atoms with Gasteiger partial charge < -0.3 is 0 Å². The quantitative estimate of drug-likeness (QED) is 0.743. The van der Waals surface area contributed by atoms with Gasteiger partial charge in [-0.1, -0.05) is 29.8 Å². The lowest BCUT2D eigenvalue weighted by molar-refractivity contribution is 0.581. The lowest BCUT2D eigenvalue weighted by Gasteiger charge is -2.11. The van der Waals surface area contributed by atoms with E-state index < -0.39 is 0 Å². The average Bonchev–Trinajstić information content (AvgIpc) is 2.51. The van der Waals surface area contributed by atoms with Crippen molar-refractivity contribution in [2.45, 2.75) is 31.5 Å². The summed E-state index contributed by atoms with van der Waals surface area (Å²) in [7, 11) is 0. The Bertz CT molecular complexity index is 208. The SMILES string of the molecule is CC(C)C(Br)CCc1nccs1. The molecule has 0 aliphatic rings. The van der Waals surface area contributed by atoms with E-state index in [-0.39, 0.29) is 0 Å². The summed E-state index contributed by atoms with van der Waals surface area (Å²) in [5, 5.41) is 3.29. The molecule has 0 radical (unpaired) electrons. The first kappa shape index (κ1) is 10.2. The Morgan fingerprint density at radius 3 is 2.83 bits per heavy atom. The van der Waals surface area contributed by atoms with E-state index in [1.165, 1.54) is 11.4 Å². The van der Waals surface area contributed by atoms with Gasteiger partial charge >= 0.3 is 0 Å². The molecule has 0 aliphatic carbocycles. The van der Waals surface area contributed by atoms with Crippen LogP contribution < -0.4 is 0 Å². The smallest absolute Gasteiger partial charge is 0.0925 e. The largest absolute Gasteiger partial charge is 0.250 e. The molecule has 1 aromatic rings. The van der Waals surface area contributed by atoms with Crippen LogP contribution in [0, 0.1) is 5.92 Å². The van der Waals surface area contributed by atoms with Crippen LogP contribution in [-0.4, -0.2) is 9.81 Å². The maximum atomic E-state index is 4.25. The third-order valence-electron chi connectivity index (χ3n) is 1.84. The summed E-state index contributed by atoms with van der Waals surface area (Å²) in [4.78, 5) is 4.87. The van der Waals surface area contributed by atoms with Crippen LogP contribution in [0.3, 0.4) is 0 Å². The molecule has 0 amide bonds. The normalized spacial score (nSPS) is 13.7. The molecular formula is C9H14BrNS. The summed E-state index contributed by atoms with van der Waals surface area (Å²) in [6.45, 7) is 4.47. The minimum Gasteiger partial charge on any atom is -0.250 e. The minimum atomic E-state index is 0.626. The topological polar surface area (TPSA) is 12.9 Å². The highest BCUT2D eigenvalue weighted by Gasteiger charge is 2.09. The van der Waals surface area contributed by atoms with E-state index in [2.05, 4.69) is 34.8 Å². The van der Waals surface area contributed by atoms with Crippen LogP contribution in [0.25, 0.3) is 0 Å². The number of rotatable bonds is 4. The van der Waals surface area contributed by atoms with Gasteiger partial charge in [0.25, 0.3) is 0 Å². The van der Waals surface area contributed by atoms with E-state index in [9.17, 15) is 0 Å². The first-order chi connectivity index (χ1) is 5.70. The van der Waals surface area contributed by atoms with Gasteiger partial charge in [0, 0.05) is 22.8 Å². The molecule has 0 aromatic carbocycles. The lowest BCUT2D eigenvalue weighted by atomic mass is 10.1. The number of hydrogen-bond donors (Lipinski definition) is 0. The number of halogens is 1. The standard InChI is InChI=1S/C9H14BrNS/c1-7(2)8(10)3-4-9-11-5-6-12-9/h5-8H,3-4H2,1-2H3. The second-order valence-electron chi connectivity index (χ2n) is 3.22. The van der Waals surface area contributed by atoms with Crippen molar-refractivity contribution in [2.24, 2.45) is 5.92 Å². The fourth-order valence-corrected chi connectivity index (χ4v) is 1.84. The number of alkyl halides is 1. The Morgan fingerprint density at radius 1 is 1.58 bits per heavy atom. The second kappa shape index (κ2) is 4.97. The van der Waals surface area contributed by atoms with E-state index in [1.807, 2.05) is 11.6 Å². The molecule has 1 heterocycles. The van der Waals surface area contributed by atoms with Crippen molar-refractivity contribution in [3.63, 3.8) is 0 Å². The van der Waals surface area contributed by atoms with Crippen molar-refractivity contribution in [3.8, 4) is 0 Å². The van der Waals surface area contributed by atoms with Crippen LogP contribution in [-0.2, 0) is 6.42 Å². The van der Waals surface area contributed by atoms with Crippen molar-refractivity contribution < 1.29 is 0 Å². The van der Waals surface area contributed by atoms with Crippen molar-refractivity contribution in [1.29, 1.82) is 0 Å². The summed E-state index contributed by atoms with van der Waals surface area (Å²) < 4.78 is 0. The first-order valence-corrected chi connectivity index (χ1v) is 6.02. The Kier molecular flexibility index (Phi) is 4.22. The zero-order valence-electron chi connectivity index (χ0n) is 7.46. The Labute approximate surface area is 86.3 Å². The van der Waals surface area contributed by atoms with E-state index >= 15 is 0 Å². The zero-order valence-corrected chi connectivity index (χ0v) is 9.86. The third-order valence-corrected chi connectivity index (χ3v) is 4.20. The fraction of sp³-hybridized carbons (Fsp3) is 0.667. The predicted octanol–water partition coefficient (Wildman–Crippen LogP) is 3.50. The number of aryl methyl sites for hydroxylation is 1. The Hall–Kier alpha value is 0.110. The Balaban J connectivity index is 2.27. The van der Waals surface area contributed by atoms with Gasteiger partial charge in [-0.3, -0.25) is 0 Å². The average molecular weight is 248 g/mol. The summed E-state index contributed by atoms with van der Waals surface area (Å²) in [5.41, 5.74) is 0. The highest BCUT2D eigenvalue weighted by Crippen LogP contribution is 2.19. The van der Waals surface area contributed by atoms with Gasteiger partial charge in [-0.2, -0.15) is 0 Å². The van der Waals surface area contributed by atoms with Crippen LogP contribution in [0.4, 0.5) is 0 Å². The van der Waals surface area contributed by atoms with Crippen LogP contribution >= 0.6 is 27.3 Å². The fourth-order valence-electron chi connectivity index (χ4n) is 0.971. The second-order valence-corrected chi connectivity index (χ2v) is 5.38. The molecule has 0 bridgehead atoms. The van der Waals surface area contributed by atoms with Crippen LogP contribution in [0.2, 0.25) is 0 Å². The maximum absolute atomic E-state index is 4.25. The van der Waals surface area contributed by atoms with E-state index in [1.54, 1.807) is 11.3 Å². The van der Waals surface area contributed by atoms with Crippen LogP contribution in [0.15, 0.2) is 11.6 Å². The van der Waals surface area contributed by atoms with Gasteiger partial charge in [0.1, 0.15) is 0 Å². The van der Waals surface area contributed by atoms with E-state index in [0.29, 0.717) is 10.7 Å². The van der Waals surface area contributed by atoms with Gasteiger partial charge in [0.2, 0.25) is 0 Å². The van der Waals surface area contributed by atoms with Crippen molar-refractivity contribution in [3.05, 3.63) is 16.6 Å². The van der Waals surface area contributed by atoms with Crippen LogP contribution in [0.1, 0.15) is 25.3 Å². The van der Waals surface area contributed by atoms with E-state index in [0.717, 1.165) is 6.42 Å². The molecule has 12 heavy (non-hydrogen) atoms. The molecule has 1 nitrogen and oxygen atoms in total. The molecular weight excluding hydrogens is 234 g/mol. The lowest BCUT2D eigenvalue weighted by Crippen LogP contribution is -2.07. The molecule has 1 aromatic heterocycles. The monoisotopic (exact) mass is 247 g/mol. The predicted molar refractivity (Wildman–Crippen MR) is 58.0 cm³/mol. The molecule has 3 heteroatoms. The molecule has 1 atom stereocenters. The van der Waals surface area contributed by atoms with Gasteiger partial charge in [-0.15, -0.1) is 11.3 Å². The third kappa shape index (κ3) is 3.23. The number of nitrogens with zero attached hydrogens (tertiary/aromatic N) is 1. The van der Waals surface area contributed by atoms with Gasteiger partial charge in [0.05, 0.1) is 5.01 Å². The molecule has 1 rings (SSSR count). The van der Waals surface area contributed by atoms with Gasteiger partial charge in [-0.05, 0) is 12.3 Å². The highest BCUT2D eigenvalue weighted by atomic mass is 79.9. The van der Waals surface area contributed by atoms with E-state index in [4.69, 9.17) is 0 Å². The number of hydrogen-bond acceptors (Lipinski definition) is 2. The Morgan fingerprint density at radius 2 is 2.33 bits per heavy atom. The molecule has 0 saturated carbocycles. The molecule has 0 saturated heterocycles. The van der Waals surface area contributed by atoms with Gasteiger partial charge in [0.15, 0.2) is 0 Å². The number of aromatic nitrogens is 1. The summed E-state index contributed by atoms with van der Waals surface area (Å²) in [6.07, 6.45) is 4.16. The molecule has 0 aliphatic heterocycles. The minimum absolute atomic E-state index is 0.626. The summed E-state index contributed by atoms with van der Waals surface area (Å²) in [6, 6.07) is 0. The molecule has 1 unspecified atom stereocenters. The van der Waals surface area contributed by atoms with Gasteiger partial charge in [-0.25, -0.2) is 4.98 Å². The molecule has 0 spiro atoms. The summed E-state index contributed by atoms with van der Waals surface area (Å²) in [5.74, 6) is 0.713. The van der Waals surface area contributed by atoms with Crippen molar-refractivity contribution >= 4 is 27.3 Å². The first-order valence-electron chi connectivity index (χ1n) is 4.22. The zero-order chi connectivity index (χ0) is 8.97. The van der Waals surface area contributed by atoms with Crippen molar-refractivity contribution in [2.75, 3.05) is 0 Å². The maximum Gasteiger partial charge on any atom is 0.0925 e. The molecule has 0 fully saturated rings. The summed E-state index contributed by atoms with van der Waals surface area (Å²) >= 11 is 5.41. The highest BCUT2D eigenvalue weighted by molar-refractivity contribution is 9.09. The van der Waals surface area contributed by atoms with Crippen molar-refractivity contribution in [1.82, 2.24) is 4.98 Å². The molecule has 68 valence electrons.